The van der Waals surface area contributed by atoms with Crippen molar-refractivity contribution < 1.29 is 14.3 Å². The third-order valence-electron chi connectivity index (χ3n) is 4.10. The summed E-state index contributed by atoms with van der Waals surface area (Å²) in [6.45, 7) is 10.0. The van der Waals surface area contributed by atoms with Crippen molar-refractivity contribution in [3.8, 4) is 0 Å². The first kappa shape index (κ1) is 16.1. The van der Waals surface area contributed by atoms with Gasteiger partial charge in [-0.25, -0.2) is 9.59 Å². The Morgan fingerprint density at radius 1 is 1.10 bits per heavy atom. The summed E-state index contributed by atoms with van der Waals surface area (Å²) in [4.78, 5) is 28.6. The van der Waals surface area contributed by atoms with Gasteiger partial charge in [-0.3, -0.25) is 0 Å². The first-order valence-electron chi connectivity index (χ1n) is 8.06. The lowest BCUT2D eigenvalue weighted by molar-refractivity contribution is -0.159. The number of rotatable bonds is 1. The molecule has 2 fully saturated rings. The topological polar surface area (TPSA) is 49.9 Å². The molecule has 2 amide bonds. The van der Waals surface area contributed by atoms with Gasteiger partial charge >= 0.3 is 12.0 Å². The number of likely N-dealkylation sites (tertiary alicyclic amines) is 2. The van der Waals surface area contributed by atoms with Gasteiger partial charge in [0.1, 0.15) is 11.6 Å². The second-order valence-corrected chi connectivity index (χ2v) is 7.36. The predicted octanol–water partition coefficient (Wildman–Crippen LogP) is 2.64. The molecule has 5 nitrogen and oxygen atoms in total. The van der Waals surface area contributed by atoms with Crippen LogP contribution in [0.25, 0.3) is 0 Å². The number of piperidine rings is 1. The van der Waals surface area contributed by atoms with E-state index in [1.165, 1.54) is 6.42 Å². The standard InChI is InChI=1S/C16H28N2O3/c1-12-7-5-9-17(11-12)15(20)18-10-6-8-13(18)14(19)21-16(2,3)4/h12-13H,5-11H2,1-4H3/t12?,13-/m1/s1. The molecule has 1 unspecified atom stereocenters. The Labute approximate surface area is 127 Å². The van der Waals surface area contributed by atoms with Crippen LogP contribution in [0.4, 0.5) is 4.79 Å². The van der Waals surface area contributed by atoms with Gasteiger partial charge in [-0.1, -0.05) is 6.92 Å². The maximum Gasteiger partial charge on any atom is 0.329 e. The molecule has 2 rings (SSSR count). The zero-order valence-electron chi connectivity index (χ0n) is 13.7. The van der Waals surface area contributed by atoms with E-state index < -0.39 is 11.6 Å². The van der Waals surface area contributed by atoms with Gasteiger partial charge in [0.15, 0.2) is 0 Å². The molecule has 0 spiro atoms. The van der Waals surface area contributed by atoms with Crippen molar-refractivity contribution in [1.29, 1.82) is 0 Å². The number of ether oxygens (including phenoxy) is 1. The van der Waals surface area contributed by atoms with Gasteiger partial charge in [-0.2, -0.15) is 0 Å². The summed E-state index contributed by atoms with van der Waals surface area (Å²) in [5.41, 5.74) is -0.506. The van der Waals surface area contributed by atoms with Gasteiger partial charge in [0.2, 0.25) is 0 Å². The Morgan fingerprint density at radius 2 is 1.76 bits per heavy atom. The van der Waals surface area contributed by atoms with Crippen LogP contribution in [-0.4, -0.2) is 53.1 Å². The van der Waals surface area contributed by atoms with Crippen molar-refractivity contribution >= 4 is 12.0 Å². The average Bonchev–Trinajstić information content (AvgIpc) is 2.85. The zero-order valence-corrected chi connectivity index (χ0v) is 13.7. The number of hydrogen-bond donors (Lipinski definition) is 0. The highest BCUT2D eigenvalue weighted by molar-refractivity contribution is 5.84. The van der Waals surface area contributed by atoms with Gasteiger partial charge in [0, 0.05) is 19.6 Å². The molecular formula is C16H28N2O3. The molecule has 0 saturated carbocycles. The van der Waals surface area contributed by atoms with Gasteiger partial charge in [-0.15, -0.1) is 0 Å². The van der Waals surface area contributed by atoms with E-state index in [4.69, 9.17) is 4.74 Å². The minimum atomic E-state index is -0.506. The molecule has 0 aromatic carbocycles. The Morgan fingerprint density at radius 3 is 2.38 bits per heavy atom. The van der Waals surface area contributed by atoms with Crippen molar-refractivity contribution in [2.24, 2.45) is 5.92 Å². The monoisotopic (exact) mass is 296 g/mol. The third-order valence-corrected chi connectivity index (χ3v) is 4.10. The number of amides is 2. The highest BCUT2D eigenvalue weighted by Gasteiger charge is 2.39. The smallest absolute Gasteiger partial charge is 0.329 e. The predicted molar refractivity (Wildman–Crippen MR) is 80.9 cm³/mol. The second kappa shape index (κ2) is 6.24. The maximum atomic E-state index is 12.7. The fraction of sp³-hybridized carbons (Fsp3) is 0.875. The molecule has 2 aliphatic heterocycles. The fourth-order valence-corrected chi connectivity index (χ4v) is 3.16. The summed E-state index contributed by atoms with van der Waals surface area (Å²) in [6, 6.07) is -0.399. The van der Waals surface area contributed by atoms with Crippen molar-refractivity contribution in [2.45, 2.75) is 65.0 Å². The second-order valence-electron chi connectivity index (χ2n) is 7.36. The number of hydrogen-bond acceptors (Lipinski definition) is 3. The molecule has 21 heavy (non-hydrogen) atoms. The van der Waals surface area contributed by atoms with Gasteiger partial charge in [0.05, 0.1) is 0 Å². The van der Waals surface area contributed by atoms with Crippen molar-refractivity contribution in [2.75, 3.05) is 19.6 Å². The van der Waals surface area contributed by atoms with Crippen LogP contribution in [0.5, 0.6) is 0 Å². The van der Waals surface area contributed by atoms with Crippen LogP contribution in [0.15, 0.2) is 0 Å². The molecule has 0 bridgehead atoms. The summed E-state index contributed by atoms with van der Waals surface area (Å²) < 4.78 is 5.46. The molecule has 2 atom stereocenters. The number of urea groups is 1. The number of carbonyl (C=O) groups excluding carboxylic acids is 2. The Balaban J connectivity index is 2.00. The van der Waals surface area contributed by atoms with Crippen LogP contribution in [0.3, 0.4) is 0 Å². The van der Waals surface area contributed by atoms with Crippen LogP contribution in [0.2, 0.25) is 0 Å². The van der Waals surface area contributed by atoms with Crippen molar-refractivity contribution in [3.63, 3.8) is 0 Å². The molecule has 120 valence electrons. The molecule has 2 aliphatic rings. The Hall–Kier alpha value is -1.26. The van der Waals surface area contributed by atoms with E-state index in [1.54, 1.807) is 4.90 Å². The highest BCUT2D eigenvalue weighted by atomic mass is 16.6. The SMILES string of the molecule is CC1CCCN(C(=O)N2CCC[C@@H]2C(=O)OC(C)(C)C)C1. The molecule has 0 radical (unpaired) electrons. The van der Waals surface area contributed by atoms with Crippen LogP contribution >= 0.6 is 0 Å². The minimum absolute atomic E-state index is 0.00918. The number of esters is 1. The van der Waals surface area contributed by atoms with E-state index in [0.717, 1.165) is 25.9 Å². The fourth-order valence-electron chi connectivity index (χ4n) is 3.16. The summed E-state index contributed by atoms with van der Waals surface area (Å²) in [5, 5.41) is 0. The molecule has 5 heteroatoms. The Bertz CT molecular complexity index is 403. The van der Waals surface area contributed by atoms with E-state index in [-0.39, 0.29) is 12.0 Å². The number of carbonyl (C=O) groups is 2. The molecule has 2 saturated heterocycles. The third kappa shape index (κ3) is 4.11. The molecule has 2 heterocycles. The highest BCUT2D eigenvalue weighted by Crippen LogP contribution is 2.24. The molecular weight excluding hydrogens is 268 g/mol. The number of nitrogens with zero attached hydrogens (tertiary/aromatic N) is 2. The summed E-state index contributed by atoms with van der Waals surface area (Å²) in [7, 11) is 0. The Kier molecular flexibility index (Phi) is 4.79. The summed E-state index contributed by atoms with van der Waals surface area (Å²) >= 11 is 0. The van der Waals surface area contributed by atoms with E-state index in [9.17, 15) is 9.59 Å². The first-order valence-corrected chi connectivity index (χ1v) is 8.06. The normalized spacial score (nSPS) is 26.9. The molecule has 0 aromatic heterocycles. The van der Waals surface area contributed by atoms with Crippen LogP contribution in [0, 0.1) is 5.92 Å². The van der Waals surface area contributed by atoms with E-state index in [1.807, 2.05) is 25.7 Å². The van der Waals surface area contributed by atoms with Gasteiger partial charge < -0.3 is 14.5 Å². The average molecular weight is 296 g/mol. The lowest BCUT2D eigenvalue weighted by atomic mass is 10.0. The van der Waals surface area contributed by atoms with Crippen molar-refractivity contribution in [3.05, 3.63) is 0 Å². The molecule has 0 aromatic rings. The molecule has 0 N–H and O–H groups in total. The van der Waals surface area contributed by atoms with E-state index in [0.29, 0.717) is 18.9 Å². The van der Waals surface area contributed by atoms with E-state index >= 15 is 0 Å². The molecule has 0 aliphatic carbocycles. The summed E-state index contributed by atoms with van der Waals surface area (Å²) in [5.74, 6) is 0.281. The lowest BCUT2D eigenvalue weighted by Crippen LogP contribution is -2.51. The van der Waals surface area contributed by atoms with Crippen molar-refractivity contribution in [1.82, 2.24) is 9.80 Å². The lowest BCUT2D eigenvalue weighted by Gasteiger charge is -2.36. The minimum Gasteiger partial charge on any atom is -0.458 e. The largest absolute Gasteiger partial charge is 0.458 e. The quantitative estimate of drug-likeness (QED) is 0.699. The van der Waals surface area contributed by atoms with E-state index in [2.05, 4.69) is 6.92 Å². The van der Waals surface area contributed by atoms with Gasteiger partial charge in [-0.05, 0) is 52.4 Å². The summed E-state index contributed by atoms with van der Waals surface area (Å²) in [6.07, 6.45) is 3.82. The maximum absolute atomic E-state index is 12.7. The van der Waals surface area contributed by atoms with Gasteiger partial charge in [0.25, 0.3) is 0 Å². The first-order chi connectivity index (χ1) is 9.78. The van der Waals surface area contributed by atoms with Crippen LogP contribution in [-0.2, 0) is 9.53 Å². The van der Waals surface area contributed by atoms with Crippen LogP contribution in [0.1, 0.15) is 53.4 Å². The van der Waals surface area contributed by atoms with Crippen LogP contribution < -0.4 is 0 Å². The zero-order chi connectivity index (χ0) is 15.6.